The zero-order valence-corrected chi connectivity index (χ0v) is 15.1. The lowest BCUT2D eigenvalue weighted by atomic mass is 10.1. The third-order valence-electron chi connectivity index (χ3n) is 4.19. The second-order valence-corrected chi connectivity index (χ2v) is 7.00. The van der Waals surface area contributed by atoms with Crippen LogP contribution in [-0.4, -0.2) is 23.4 Å². The summed E-state index contributed by atoms with van der Waals surface area (Å²) in [5, 5.41) is 14.3. The van der Waals surface area contributed by atoms with Gasteiger partial charge in [-0.05, 0) is 31.7 Å². The van der Waals surface area contributed by atoms with E-state index < -0.39 is 16.8 Å². The summed E-state index contributed by atoms with van der Waals surface area (Å²) in [4.78, 5) is 36.4. The molecular weight excluding hydrogens is 356 g/mol. The maximum Gasteiger partial charge on any atom is 0.341 e. The average molecular weight is 374 g/mol. The van der Waals surface area contributed by atoms with E-state index in [0.717, 1.165) is 29.7 Å². The Morgan fingerprint density at radius 1 is 1.31 bits per heavy atom. The first kappa shape index (κ1) is 18.1. The molecule has 1 heterocycles. The zero-order valence-electron chi connectivity index (χ0n) is 14.2. The van der Waals surface area contributed by atoms with Gasteiger partial charge in [-0.1, -0.05) is 18.2 Å². The number of anilines is 1. The summed E-state index contributed by atoms with van der Waals surface area (Å²) in [6.45, 7) is 1.99. The van der Waals surface area contributed by atoms with Gasteiger partial charge in [0.1, 0.15) is 5.00 Å². The Morgan fingerprint density at radius 3 is 2.81 bits per heavy atom. The zero-order chi connectivity index (χ0) is 18.7. The van der Waals surface area contributed by atoms with E-state index in [1.165, 1.54) is 17.4 Å². The number of nitro groups is 1. The molecule has 1 aromatic heterocycles. The Balaban J connectivity index is 1.82. The number of nitro benzene ring substituents is 1. The number of ether oxygens (including phenoxy) is 1. The highest BCUT2D eigenvalue weighted by atomic mass is 32.1. The van der Waals surface area contributed by atoms with Crippen molar-refractivity contribution < 1.29 is 19.2 Å². The van der Waals surface area contributed by atoms with Gasteiger partial charge in [0, 0.05) is 16.5 Å². The number of fused-ring (bicyclic) bond motifs is 1. The summed E-state index contributed by atoms with van der Waals surface area (Å²) in [5.41, 5.74) is 1.62. The smallest absolute Gasteiger partial charge is 0.341 e. The van der Waals surface area contributed by atoms with Crippen molar-refractivity contribution >= 4 is 33.9 Å². The van der Waals surface area contributed by atoms with Crippen LogP contribution in [0.2, 0.25) is 0 Å². The number of aryl methyl sites for hydroxylation is 1. The standard InChI is InChI=1S/C18H18N2O5S/c1-2-25-18(22)16-12-7-5-9-14(12)26-17(16)19-15(21)10-11-6-3-4-8-13(11)20(23)24/h3-4,6,8H,2,5,7,9-10H2,1H3,(H,19,21). The molecule has 1 amide bonds. The van der Waals surface area contributed by atoms with E-state index in [9.17, 15) is 19.7 Å². The summed E-state index contributed by atoms with van der Waals surface area (Å²) in [6.07, 6.45) is 2.52. The van der Waals surface area contributed by atoms with Crippen molar-refractivity contribution in [2.24, 2.45) is 0 Å². The SMILES string of the molecule is CCOC(=O)c1c(NC(=O)Cc2ccccc2[N+](=O)[O-])sc2c1CCC2. The van der Waals surface area contributed by atoms with Gasteiger partial charge in [0.15, 0.2) is 0 Å². The summed E-state index contributed by atoms with van der Waals surface area (Å²) in [6, 6.07) is 6.13. The molecule has 7 nitrogen and oxygen atoms in total. The largest absolute Gasteiger partial charge is 0.462 e. The molecule has 0 aliphatic heterocycles. The number of hydrogen-bond donors (Lipinski definition) is 1. The fraction of sp³-hybridized carbons (Fsp3) is 0.333. The van der Waals surface area contributed by atoms with Crippen LogP contribution >= 0.6 is 11.3 Å². The van der Waals surface area contributed by atoms with Gasteiger partial charge in [0.25, 0.3) is 5.69 Å². The second-order valence-electron chi connectivity index (χ2n) is 5.89. The predicted molar refractivity (Wildman–Crippen MR) is 97.7 cm³/mol. The Morgan fingerprint density at radius 2 is 2.08 bits per heavy atom. The number of thiophene rings is 1. The maximum absolute atomic E-state index is 12.4. The average Bonchev–Trinajstić information content (AvgIpc) is 3.15. The van der Waals surface area contributed by atoms with E-state index in [4.69, 9.17) is 4.74 Å². The molecular formula is C18H18N2O5S. The highest BCUT2D eigenvalue weighted by molar-refractivity contribution is 7.17. The summed E-state index contributed by atoms with van der Waals surface area (Å²) < 4.78 is 5.13. The lowest BCUT2D eigenvalue weighted by Gasteiger charge is -2.08. The highest BCUT2D eigenvalue weighted by Gasteiger charge is 2.28. The quantitative estimate of drug-likeness (QED) is 0.474. The van der Waals surface area contributed by atoms with Crippen LogP contribution in [0.15, 0.2) is 24.3 Å². The number of amides is 1. The van der Waals surface area contributed by atoms with Crippen molar-refractivity contribution in [3.05, 3.63) is 55.9 Å². The van der Waals surface area contributed by atoms with E-state index in [2.05, 4.69) is 5.32 Å². The van der Waals surface area contributed by atoms with Crippen LogP contribution in [0.5, 0.6) is 0 Å². The second kappa shape index (κ2) is 7.65. The third kappa shape index (κ3) is 3.60. The first-order chi connectivity index (χ1) is 12.5. The minimum atomic E-state index is -0.508. The van der Waals surface area contributed by atoms with Crippen LogP contribution in [0.1, 0.15) is 39.7 Å². The molecule has 0 radical (unpaired) electrons. The summed E-state index contributed by atoms with van der Waals surface area (Å²) in [5.74, 6) is -0.835. The van der Waals surface area contributed by atoms with E-state index in [-0.39, 0.29) is 18.7 Å². The molecule has 0 saturated carbocycles. The predicted octanol–water partition coefficient (Wildman–Crippen LogP) is 3.50. The van der Waals surface area contributed by atoms with Crippen molar-refractivity contribution in [2.75, 3.05) is 11.9 Å². The lowest BCUT2D eigenvalue weighted by molar-refractivity contribution is -0.385. The van der Waals surface area contributed by atoms with Gasteiger partial charge >= 0.3 is 5.97 Å². The number of nitrogens with one attached hydrogen (secondary N) is 1. The fourth-order valence-corrected chi connectivity index (χ4v) is 4.39. The summed E-state index contributed by atoms with van der Waals surface area (Å²) >= 11 is 1.39. The topological polar surface area (TPSA) is 98.5 Å². The van der Waals surface area contributed by atoms with Crippen LogP contribution in [0, 0.1) is 10.1 Å². The van der Waals surface area contributed by atoms with Gasteiger partial charge in [-0.15, -0.1) is 11.3 Å². The molecule has 0 fully saturated rings. The Hall–Kier alpha value is -2.74. The molecule has 1 aliphatic carbocycles. The van der Waals surface area contributed by atoms with E-state index >= 15 is 0 Å². The van der Waals surface area contributed by atoms with Gasteiger partial charge in [0.2, 0.25) is 5.91 Å². The molecule has 0 atom stereocenters. The number of nitrogens with zero attached hydrogens (tertiary/aromatic N) is 1. The van der Waals surface area contributed by atoms with Gasteiger partial charge < -0.3 is 10.1 Å². The van der Waals surface area contributed by atoms with Crippen molar-refractivity contribution in [1.29, 1.82) is 0 Å². The molecule has 0 unspecified atom stereocenters. The molecule has 0 bridgehead atoms. The van der Waals surface area contributed by atoms with Crippen molar-refractivity contribution in [1.82, 2.24) is 0 Å². The Kier molecular flexibility index (Phi) is 5.32. The molecule has 1 N–H and O–H groups in total. The number of rotatable bonds is 6. The van der Waals surface area contributed by atoms with Crippen LogP contribution in [0.3, 0.4) is 0 Å². The number of esters is 1. The molecule has 2 aromatic rings. The number of carbonyl (C=O) groups is 2. The van der Waals surface area contributed by atoms with Gasteiger partial charge in [-0.25, -0.2) is 4.79 Å². The van der Waals surface area contributed by atoms with Crippen molar-refractivity contribution in [3.63, 3.8) is 0 Å². The lowest BCUT2D eigenvalue weighted by Crippen LogP contribution is -2.17. The molecule has 1 aliphatic rings. The van der Waals surface area contributed by atoms with E-state index in [1.807, 2.05) is 0 Å². The van der Waals surface area contributed by atoms with E-state index in [1.54, 1.807) is 25.1 Å². The van der Waals surface area contributed by atoms with Gasteiger partial charge in [0.05, 0.1) is 23.5 Å². The molecule has 0 spiro atoms. The molecule has 8 heteroatoms. The number of hydrogen-bond acceptors (Lipinski definition) is 6. The third-order valence-corrected chi connectivity index (χ3v) is 5.40. The van der Waals surface area contributed by atoms with E-state index in [0.29, 0.717) is 16.1 Å². The monoisotopic (exact) mass is 374 g/mol. The molecule has 0 saturated heterocycles. The fourth-order valence-electron chi connectivity index (χ4n) is 3.09. The first-order valence-corrected chi connectivity index (χ1v) is 9.16. The molecule has 1 aromatic carbocycles. The molecule has 3 rings (SSSR count). The van der Waals surface area contributed by atoms with Gasteiger partial charge in [-0.3, -0.25) is 14.9 Å². The molecule has 26 heavy (non-hydrogen) atoms. The maximum atomic E-state index is 12.4. The van der Waals surface area contributed by atoms with Crippen LogP contribution in [-0.2, 0) is 28.8 Å². The first-order valence-electron chi connectivity index (χ1n) is 8.35. The van der Waals surface area contributed by atoms with Crippen LogP contribution < -0.4 is 5.32 Å². The molecule has 136 valence electrons. The van der Waals surface area contributed by atoms with Crippen LogP contribution in [0.25, 0.3) is 0 Å². The van der Waals surface area contributed by atoms with Crippen LogP contribution in [0.4, 0.5) is 10.7 Å². The Labute approximate surface area is 154 Å². The van der Waals surface area contributed by atoms with Crippen molar-refractivity contribution in [3.8, 4) is 0 Å². The minimum Gasteiger partial charge on any atom is -0.462 e. The number of benzene rings is 1. The normalized spacial score (nSPS) is 12.5. The number of carbonyl (C=O) groups excluding carboxylic acids is 2. The highest BCUT2D eigenvalue weighted by Crippen LogP contribution is 2.39. The summed E-state index contributed by atoms with van der Waals surface area (Å²) in [7, 11) is 0. The van der Waals surface area contributed by atoms with Gasteiger partial charge in [-0.2, -0.15) is 0 Å². The van der Waals surface area contributed by atoms with Crippen molar-refractivity contribution in [2.45, 2.75) is 32.6 Å². The Bertz CT molecular complexity index is 874. The number of para-hydroxylation sites is 1. The minimum absolute atomic E-state index is 0.0954.